The van der Waals surface area contributed by atoms with Crippen LogP contribution in [-0.2, 0) is 4.79 Å². The normalized spacial score (nSPS) is 24.4. The van der Waals surface area contributed by atoms with Gasteiger partial charge >= 0.3 is 0 Å². The van der Waals surface area contributed by atoms with Crippen molar-refractivity contribution in [2.24, 2.45) is 5.41 Å². The molecule has 0 unspecified atom stereocenters. The number of carbonyl (C=O) groups is 1. The molecule has 0 atom stereocenters. The predicted octanol–water partition coefficient (Wildman–Crippen LogP) is 2.69. The fraction of sp³-hybridized carbons (Fsp3) is 0.727. The highest BCUT2D eigenvalue weighted by molar-refractivity contribution is 9.11. The summed E-state index contributed by atoms with van der Waals surface area (Å²) in [5.41, 5.74) is 0.0324. The second-order valence-electron chi connectivity index (χ2n) is 4.30. The molecule has 0 radical (unpaired) electrons. The molecule has 1 aliphatic carbocycles. The van der Waals surface area contributed by atoms with Crippen molar-refractivity contribution < 1.29 is 4.79 Å². The van der Waals surface area contributed by atoms with Crippen LogP contribution in [0.4, 0.5) is 0 Å². The Kier molecular flexibility index (Phi) is 2.69. The van der Waals surface area contributed by atoms with Crippen molar-refractivity contribution in [2.75, 3.05) is 13.1 Å². The van der Waals surface area contributed by atoms with Crippen LogP contribution in [0, 0.1) is 5.41 Å². The zero-order valence-corrected chi connectivity index (χ0v) is 10.1. The summed E-state index contributed by atoms with van der Waals surface area (Å²) in [6, 6.07) is 0. The van der Waals surface area contributed by atoms with Gasteiger partial charge in [0.1, 0.15) is 0 Å². The minimum Gasteiger partial charge on any atom is -0.337 e. The van der Waals surface area contributed by atoms with Gasteiger partial charge in [0.05, 0.1) is 6.54 Å². The van der Waals surface area contributed by atoms with E-state index in [1.807, 2.05) is 4.90 Å². The Hall–Kier alpha value is -0.310. The second-order valence-corrected chi connectivity index (χ2v) is 5.32. The largest absolute Gasteiger partial charge is 0.337 e. The fourth-order valence-electron chi connectivity index (χ4n) is 2.08. The van der Waals surface area contributed by atoms with Gasteiger partial charge in [0.2, 0.25) is 5.91 Å². The molecule has 2 nitrogen and oxygen atoms in total. The monoisotopic (exact) mass is 257 g/mol. The number of nitrogens with zero attached hydrogens (tertiary/aromatic N) is 1. The van der Waals surface area contributed by atoms with Gasteiger partial charge in [0.25, 0.3) is 0 Å². The van der Waals surface area contributed by atoms with Crippen molar-refractivity contribution in [3.05, 3.63) is 10.6 Å². The number of hydrogen-bond donors (Lipinski definition) is 0. The van der Waals surface area contributed by atoms with Crippen LogP contribution in [0.1, 0.15) is 32.6 Å². The maximum Gasteiger partial charge on any atom is 0.229 e. The first-order chi connectivity index (χ1) is 6.68. The maximum absolute atomic E-state index is 12.1. The molecule has 1 aliphatic heterocycles. The Morgan fingerprint density at radius 1 is 1.64 bits per heavy atom. The predicted molar refractivity (Wildman–Crippen MR) is 60.2 cm³/mol. The van der Waals surface area contributed by atoms with Crippen molar-refractivity contribution in [3.8, 4) is 0 Å². The third-order valence-corrected chi connectivity index (χ3v) is 3.95. The highest BCUT2D eigenvalue weighted by atomic mass is 79.9. The summed E-state index contributed by atoms with van der Waals surface area (Å²) in [6.45, 7) is 3.80. The summed E-state index contributed by atoms with van der Waals surface area (Å²) in [5, 5.41) is 0. The van der Waals surface area contributed by atoms with Crippen LogP contribution >= 0.6 is 15.9 Å². The van der Waals surface area contributed by atoms with Crippen molar-refractivity contribution in [2.45, 2.75) is 32.6 Å². The molecular weight excluding hydrogens is 242 g/mol. The molecule has 1 heterocycles. The van der Waals surface area contributed by atoms with Crippen molar-refractivity contribution in [3.63, 3.8) is 0 Å². The summed E-state index contributed by atoms with van der Waals surface area (Å²) in [5.74, 6) is 0.380. The molecular formula is C11H16BrNO. The van der Waals surface area contributed by atoms with Gasteiger partial charge in [0.15, 0.2) is 0 Å². The molecule has 3 heteroatoms. The molecule has 0 bridgehead atoms. The first-order valence-corrected chi connectivity index (χ1v) is 6.11. The Bertz CT molecular complexity index is 281. The van der Waals surface area contributed by atoms with Gasteiger partial charge in [-0.15, -0.1) is 0 Å². The highest BCUT2D eigenvalue weighted by Gasteiger charge is 2.49. The topological polar surface area (TPSA) is 20.3 Å². The summed E-state index contributed by atoms with van der Waals surface area (Å²) >= 11 is 3.47. The van der Waals surface area contributed by atoms with E-state index in [2.05, 4.69) is 28.9 Å². The van der Waals surface area contributed by atoms with E-state index in [1.54, 1.807) is 0 Å². The SMILES string of the molecule is CCC1(C(=O)N2CCC=C(Br)C2)CC1. The van der Waals surface area contributed by atoms with Gasteiger partial charge in [-0.05, 0) is 25.7 Å². The summed E-state index contributed by atoms with van der Waals surface area (Å²) in [4.78, 5) is 14.1. The second kappa shape index (κ2) is 3.69. The minimum atomic E-state index is 0.0324. The van der Waals surface area contributed by atoms with Gasteiger partial charge in [-0.1, -0.05) is 28.9 Å². The lowest BCUT2D eigenvalue weighted by atomic mass is 10.0. The highest BCUT2D eigenvalue weighted by Crippen LogP contribution is 2.50. The number of amides is 1. The van der Waals surface area contributed by atoms with E-state index < -0.39 is 0 Å². The lowest BCUT2D eigenvalue weighted by Gasteiger charge is -2.29. The van der Waals surface area contributed by atoms with Crippen LogP contribution in [-0.4, -0.2) is 23.9 Å². The van der Waals surface area contributed by atoms with E-state index >= 15 is 0 Å². The number of rotatable bonds is 2. The third-order valence-electron chi connectivity index (χ3n) is 3.38. The van der Waals surface area contributed by atoms with Crippen LogP contribution in [0.25, 0.3) is 0 Å². The number of carbonyl (C=O) groups excluding carboxylic acids is 1. The van der Waals surface area contributed by atoms with Crippen molar-refractivity contribution in [1.82, 2.24) is 4.90 Å². The Morgan fingerprint density at radius 2 is 2.36 bits per heavy atom. The lowest BCUT2D eigenvalue weighted by Crippen LogP contribution is -2.39. The van der Waals surface area contributed by atoms with Crippen molar-refractivity contribution >= 4 is 21.8 Å². The molecule has 0 aromatic carbocycles. The van der Waals surface area contributed by atoms with Gasteiger partial charge in [-0.2, -0.15) is 0 Å². The van der Waals surface area contributed by atoms with E-state index in [1.165, 1.54) is 0 Å². The zero-order valence-electron chi connectivity index (χ0n) is 8.55. The quantitative estimate of drug-likeness (QED) is 0.745. The van der Waals surface area contributed by atoms with Gasteiger partial charge in [-0.25, -0.2) is 0 Å². The van der Waals surface area contributed by atoms with E-state index in [4.69, 9.17) is 0 Å². The molecule has 0 spiro atoms. The summed E-state index contributed by atoms with van der Waals surface area (Å²) < 4.78 is 1.16. The van der Waals surface area contributed by atoms with E-state index in [0.717, 1.165) is 43.3 Å². The lowest BCUT2D eigenvalue weighted by molar-refractivity contribution is -0.136. The molecule has 0 aromatic rings. The molecule has 1 saturated carbocycles. The molecule has 0 saturated heterocycles. The molecule has 2 rings (SSSR count). The Morgan fingerprint density at radius 3 is 2.86 bits per heavy atom. The molecule has 14 heavy (non-hydrogen) atoms. The Labute approximate surface area is 93.5 Å². The van der Waals surface area contributed by atoms with E-state index in [9.17, 15) is 4.79 Å². The van der Waals surface area contributed by atoms with Gasteiger partial charge in [-0.3, -0.25) is 4.79 Å². The van der Waals surface area contributed by atoms with E-state index in [-0.39, 0.29) is 5.41 Å². The summed E-state index contributed by atoms with van der Waals surface area (Å²) in [6.07, 6.45) is 6.35. The number of hydrogen-bond acceptors (Lipinski definition) is 1. The van der Waals surface area contributed by atoms with Gasteiger partial charge in [0, 0.05) is 16.4 Å². The zero-order chi connectivity index (χ0) is 10.2. The summed E-state index contributed by atoms with van der Waals surface area (Å²) in [7, 11) is 0. The van der Waals surface area contributed by atoms with Crippen LogP contribution in [0.2, 0.25) is 0 Å². The standard InChI is InChI=1S/C11H16BrNO/c1-2-11(5-6-11)10(14)13-7-3-4-9(12)8-13/h4H,2-3,5-8H2,1H3. The van der Waals surface area contributed by atoms with Crippen LogP contribution in [0.3, 0.4) is 0 Å². The molecule has 0 aromatic heterocycles. The van der Waals surface area contributed by atoms with E-state index in [0.29, 0.717) is 5.91 Å². The molecule has 0 N–H and O–H groups in total. The first-order valence-electron chi connectivity index (χ1n) is 5.32. The molecule has 1 amide bonds. The first kappa shape index (κ1) is 10.2. The van der Waals surface area contributed by atoms with Gasteiger partial charge < -0.3 is 4.90 Å². The number of halogens is 1. The minimum absolute atomic E-state index is 0.0324. The van der Waals surface area contributed by atoms with Crippen LogP contribution in [0.5, 0.6) is 0 Å². The molecule has 1 fully saturated rings. The third kappa shape index (κ3) is 1.74. The smallest absolute Gasteiger partial charge is 0.229 e. The van der Waals surface area contributed by atoms with Crippen LogP contribution in [0.15, 0.2) is 10.6 Å². The Balaban J connectivity index is 2.02. The average molecular weight is 258 g/mol. The fourth-order valence-corrected chi connectivity index (χ4v) is 2.61. The molecule has 78 valence electrons. The maximum atomic E-state index is 12.1. The average Bonchev–Trinajstić information content (AvgIpc) is 2.97. The van der Waals surface area contributed by atoms with Crippen molar-refractivity contribution in [1.29, 1.82) is 0 Å². The van der Waals surface area contributed by atoms with Crippen LogP contribution < -0.4 is 0 Å². The molecule has 2 aliphatic rings.